The summed E-state index contributed by atoms with van der Waals surface area (Å²) >= 11 is 0. The maximum atomic E-state index is 11.9. The fourth-order valence-corrected chi connectivity index (χ4v) is 1.88. The molecule has 0 N–H and O–H groups in total. The average Bonchev–Trinajstić information content (AvgIpc) is 2.80. The zero-order chi connectivity index (χ0) is 13.0. The minimum absolute atomic E-state index is 0.00158. The van der Waals surface area contributed by atoms with Crippen LogP contribution in [-0.2, 0) is 4.74 Å². The van der Waals surface area contributed by atoms with Crippen LogP contribution in [0, 0.1) is 6.92 Å². The topological polar surface area (TPSA) is 39.4 Å². The Hall–Kier alpha value is -1.61. The lowest BCUT2D eigenvalue weighted by atomic mass is 10.1. The predicted octanol–water partition coefficient (Wildman–Crippen LogP) is 3.74. The van der Waals surface area contributed by atoms with E-state index in [1.165, 1.54) is 0 Å². The van der Waals surface area contributed by atoms with Crippen LogP contribution in [0.1, 0.15) is 35.9 Å². The van der Waals surface area contributed by atoms with E-state index >= 15 is 0 Å². The fraction of sp³-hybridized carbons (Fsp3) is 0.400. The van der Waals surface area contributed by atoms with Crippen molar-refractivity contribution in [1.82, 2.24) is 0 Å². The number of aryl methyl sites for hydroxylation is 1. The molecule has 0 saturated carbocycles. The molecule has 1 aromatic carbocycles. The second-order valence-electron chi connectivity index (χ2n) is 4.39. The van der Waals surface area contributed by atoms with Crippen LogP contribution in [0.2, 0.25) is 0 Å². The standard InChI is InChI=1S/C15H18O3/c1-3-8-17-9-7-13(16)14-10-12-6-4-5-11(2)15(12)18-14/h4-6,10H,3,7-9H2,1-2H3. The van der Waals surface area contributed by atoms with E-state index in [4.69, 9.17) is 9.15 Å². The van der Waals surface area contributed by atoms with E-state index in [0.717, 1.165) is 23.0 Å². The molecule has 18 heavy (non-hydrogen) atoms. The van der Waals surface area contributed by atoms with Gasteiger partial charge >= 0.3 is 0 Å². The Morgan fingerprint density at radius 1 is 1.33 bits per heavy atom. The number of carbonyl (C=O) groups is 1. The van der Waals surface area contributed by atoms with Gasteiger partial charge in [0.2, 0.25) is 0 Å². The highest BCUT2D eigenvalue weighted by atomic mass is 16.5. The van der Waals surface area contributed by atoms with Crippen molar-refractivity contribution in [2.45, 2.75) is 26.7 Å². The molecule has 0 aliphatic heterocycles. The van der Waals surface area contributed by atoms with Gasteiger partial charge in [0.05, 0.1) is 6.61 Å². The Balaban J connectivity index is 2.06. The molecule has 1 heterocycles. The molecular formula is C15H18O3. The maximum absolute atomic E-state index is 11.9. The third-order valence-electron chi connectivity index (χ3n) is 2.84. The summed E-state index contributed by atoms with van der Waals surface area (Å²) in [5.74, 6) is 0.432. The fourth-order valence-electron chi connectivity index (χ4n) is 1.88. The second-order valence-corrected chi connectivity index (χ2v) is 4.39. The van der Waals surface area contributed by atoms with Gasteiger partial charge in [-0.15, -0.1) is 0 Å². The van der Waals surface area contributed by atoms with Crippen LogP contribution >= 0.6 is 0 Å². The lowest BCUT2D eigenvalue weighted by molar-refractivity contribution is 0.0856. The lowest BCUT2D eigenvalue weighted by Crippen LogP contribution is -2.04. The van der Waals surface area contributed by atoms with Gasteiger partial charge < -0.3 is 9.15 Å². The number of fused-ring (bicyclic) bond motifs is 1. The molecule has 0 aliphatic carbocycles. The first-order chi connectivity index (χ1) is 8.72. The van der Waals surface area contributed by atoms with Gasteiger partial charge in [-0.1, -0.05) is 25.1 Å². The molecule has 0 aliphatic rings. The summed E-state index contributed by atoms with van der Waals surface area (Å²) in [5, 5.41) is 0.979. The summed E-state index contributed by atoms with van der Waals surface area (Å²) in [4.78, 5) is 11.9. The zero-order valence-corrected chi connectivity index (χ0v) is 10.9. The highest BCUT2D eigenvalue weighted by Crippen LogP contribution is 2.23. The zero-order valence-electron chi connectivity index (χ0n) is 10.9. The van der Waals surface area contributed by atoms with Crippen molar-refractivity contribution >= 4 is 16.8 Å². The van der Waals surface area contributed by atoms with Crippen LogP contribution in [0.4, 0.5) is 0 Å². The normalized spacial score (nSPS) is 11.0. The smallest absolute Gasteiger partial charge is 0.200 e. The van der Waals surface area contributed by atoms with Gasteiger partial charge in [-0.2, -0.15) is 0 Å². The van der Waals surface area contributed by atoms with Crippen molar-refractivity contribution < 1.29 is 13.9 Å². The number of Topliss-reactive ketones (excluding diaryl/α,β-unsaturated/α-hetero) is 1. The van der Waals surface area contributed by atoms with Gasteiger partial charge in [-0.25, -0.2) is 0 Å². The van der Waals surface area contributed by atoms with E-state index in [2.05, 4.69) is 0 Å². The summed E-state index contributed by atoms with van der Waals surface area (Å²) in [6, 6.07) is 7.71. The van der Waals surface area contributed by atoms with Crippen molar-refractivity contribution in [3.63, 3.8) is 0 Å². The predicted molar refractivity (Wildman–Crippen MR) is 71.0 cm³/mol. The SMILES string of the molecule is CCCOCCC(=O)c1cc2cccc(C)c2o1. The van der Waals surface area contributed by atoms with E-state index in [1.54, 1.807) is 0 Å². The lowest BCUT2D eigenvalue weighted by Gasteiger charge is -1.99. The number of furan rings is 1. The summed E-state index contributed by atoms with van der Waals surface area (Å²) in [6.45, 7) is 5.18. The number of hydrogen-bond acceptors (Lipinski definition) is 3. The molecule has 0 saturated heterocycles. The Kier molecular flexibility index (Phi) is 4.15. The van der Waals surface area contributed by atoms with Crippen LogP contribution < -0.4 is 0 Å². The van der Waals surface area contributed by atoms with E-state index in [1.807, 2.05) is 38.1 Å². The monoisotopic (exact) mass is 246 g/mol. The quantitative estimate of drug-likeness (QED) is 0.575. The van der Waals surface area contributed by atoms with Gasteiger partial charge in [0.25, 0.3) is 0 Å². The first-order valence-electron chi connectivity index (χ1n) is 6.32. The average molecular weight is 246 g/mol. The van der Waals surface area contributed by atoms with Crippen molar-refractivity contribution in [2.24, 2.45) is 0 Å². The van der Waals surface area contributed by atoms with E-state index in [9.17, 15) is 4.79 Å². The molecule has 2 rings (SSSR count). The molecule has 0 atom stereocenters. The molecule has 96 valence electrons. The summed E-state index contributed by atoms with van der Waals surface area (Å²) in [5.41, 5.74) is 1.85. The number of para-hydroxylation sites is 1. The molecule has 0 bridgehead atoms. The van der Waals surface area contributed by atoms with Gasteiger partial charge in [0, 0.05) is 18.4 Å². The highest BCUT2D eigenvalue weighted by Gasteiger charge is 2.12. The molecule has 0 unspecified atom stereocenters. The minimum atomic E-state index is 0.00158. The van der Waals surface area contributed by atoms with Crippen molar-refractivity contribution in [2.75, 3.05) is 13.2 Å². The molecular weight excluding hydrogens is 228 g/mol. The number of ether oxygens (including phenoxy) is 1. The van der Waals surface area contributed by atoms with Crippen LogP contribution in [0.25, 0.3) is 11.0 Å². The second kappa shape index (κ2) is 5.83. The number of carbonyl (C=O) groups excluding carboxylic acids is 1. The Bertz CT molecular complexity index is 540. The van der Waals surface area contributed by atoms with Crippen molar-refractivity contribution in [3.05, 3.63) is 35.6 Å². The maximum Gasteiger partial charge on any atom is 0.200 e. The number of hydrogen-bond donors (Lipinski definition) is 0. The van der Waals surface area contributed by atoms with Gasteiger partial charge in [0.15, 0.2) is 11.5 Å². The molecule has 3 nitrogen and oxygen atoms in total. The molecule has 3 heteroatoms. The minimum Gasteiger partial charge on any atom is -0.453 e. The van der Waals surface area contributed by atoms with Crippen molar-refractivity contribution in [3.8, 4) is 0 Å². The molecule has 2 aromatic rings. The largest absolute Gasteiger partial charge is 0.453 e. The van der Waals surface area contributed by atoms with Gasteiger partial charge in [-0.3, -0.25) is 4.79 Å². The third kappa shape index (κ3) is 2.79. The van der Waals surface area contributed by atoms with Crippen LogP contribution in [-0.4, -0.2) is 19.0 Å². The molecule has 0 spiro atoms. The summed E-state index contributed by atoms with van der Waals surface area (Å²) in [6.07, 6.45) is 1.34. The number of benzene rings is 1. The Morgan fingerprint density at radius 3 is 2.89 bits per heavy atom. The first-order valence-corrected chi connectivity index (χ1v) is 6.32. The van der Waals surface area contributed by atoms with Crippen LogP contribution in [0.5, 0.6) is 0 Å². The summed E-state index contributed by atoms with van der Waals surface area (Å²) in [7, 11) is 0. The van der Waals surface area contributed by atoms with Crippen molar-refractivity contribution in [1.29, 1.82) is 0 Å². The van der Waals surface area contributed by atoms with E-state index in [-0.39, 0.29) is 5.78 Å². The van der Waals surface area contributed by atoms with Crippen LogP contribution in [0.15, 0.2) is 28.7 Å². The van der Waals surface area contributed by atoms with E-state index in [0.29, 0.717) is 25.4 Å². The Morgan fingerprint density at radius 2 is 2.17 bits per heavy atom. The van der Waals surface area contributed by atoms with Gasteiger partial charge in [0.1, 0.15) is 5.58 Å². The first kappa shape index (κ1) is 12.8. The molecule has 1 aromatic heterocycles. The number of rotatable bonds is 6. The summed E-state index contributed by atoms with van der Waals surface area (Å²) < 4.78 is 10.9. The molecule has 0 amide bonds. The van der Waals surface area contributed by atoms with Crippen LogP contribution in [0.3, 0.4) is 0 Å². The van der Waals surface area contributed by atoms with E-state index < -0.39 is 0 Å². The third-order valence-corrected chi connectivity index (χ3v) is 2.84. The Labute approximate surface area is 107 Å². The van der Waals surface area contributed by atoms with Gasteiger partial charge in [-0.05, 0) is 25.0 Å². The molecule has 0 fully saturated rings. The molecule has 0 radical (unpaired) electrons. The highest BCUT2D eigenvalue weighted by molar-refractivity contribution is 5.98. The number of ketones is 1.